The molecule has 0 radical (unpaired) electrons. The molecular weight excluding hydrogens is 312 g/mol. The lowest BCUT2D eigenvalue weighted by Crippen LogP contribution is -2.13. The predicted molar refractivity (Wildman–Crippen MR) is 66.2 cm³/mol. The second-order valence-electron chi connectivity index (χ2n) is 4.29. The summed E-state index contributed by atoms with van der Waals surface area (Å²) in [6.07, 6.45) is -9.69. The number of pyridine rings is 1. The molecule has 1 heterocycles. The summed E-state index contributed by atoms with van der Waals surface area (Å²) in [5.74, 6) is -0.333. The minimum Gasteiger partial charge on any atom is -0.481 e. The zero-order chi connectivity index (χ0) is 16.5. The Morgan fingerprint density at radius 3 is 2.00 bits per heavy atom. The van der Waals surface area contributed by atoms with Crippen LogP contribution in [0.25, 0.3) is 11.1 Å². The SMILES string of the molecule is COc1ccc(-c2ccccc2C(F)(F)F)c(C(F)(F)F)n1. The molecule has 0 unspecified atom stereocenters. The third-order valence-electron chi connectivity index (χ3n) is 2.87. The number of rotatable bonds is 2. The Hall–Kier alpha value is -2.25. The minimum absolute atomic E-state index is 0.333. The number of alkyl halides is 6. The number of aromatic nitrogens is 1. The van der Waals surface area contributed by atoms with Gasteiger partial charge in [0.05, 0.1) is 12.7 Å². The number of halogens is 6. The van der Waals surface area contributed by atoms with Gasteiger partial charge in [0.15, 0.2) is 5.69 Å². The lowest BCUT2D eigenvalue weighted by Gasteiger charge is -2.17. The van der Waals surface area contributed by atoms with Gasteiger partial charge in [-0.15, -0.1) is 0 Å². The molecule has 2 rings (SSSR count). The fourth-order valence-corrected chi connectivity index (χ4v) is 1.95. The molecule has 0 aliphatic heterocycles. The van der Waals surface area contributed by atoms with E-state index in [9.17, 15) is 26.3 Å². The molecule has 0 bridgehead atoms. The molecule has 1 aromatic heterocycles. The number of methoxy groups -OCH3 is 1. The van der Waals surface area contributed by atoms with Crippen molar-refractivity contribution in [3.63, 3.8) is 0 Å². The first-order valence-electron chi connectivity index (χ1n) is 5.93. The van der Waals surface area contributed by atoms with E-state index in [4.69, 9.17) is 0 Å². The number of hydrogen-bond donors (Lipinski definition) is 0. The normalized spacial score (nSPS) is 12.3. The van der Waals surface area contributed by atoms with Crippen molar-refractivity contribution in [2.45, 2.75) is 12.4 Å². The molecule has 0 saturated carbocycles. The molecule has 0 atom stereocenters. The van der Waals surface area contributed by atoms with Gasteiger partial charge in [-0.1, -0.05) is 18.2 Å². The van der Waals surface area contributed by atoms with Gasteiger partial charge in [0.25, 0.3) is 0 Å². The topological polar surface area (TPSA) is 22.1 Å². The summed E-state index contributed by atoms with van der Waals surface area (Å²) in [4.78, 5) is 3.25. The van der Waals surface area contributed by atoms with Crippen molar-refractivity contribution in [1.29, 1.82) is 0 Å². The molecule has 0 aliphatic carbocycles. The molecule has 0 N–H and O–H groups in total. The van der Waals surface area contributed by atoms with E-state index >= 15 is 0 Å². The van der Waals surface area contributed by atoms with Crippen LogP contribution in [0.3, 0.4) is 0 Å². The molecular formula is C14H9F6NO. The quantitative estimate of drug-likeness (QED) is 0.742. The molecule has 0 saturated heterocycles. The number of hydrogen-bond acceptors (Lipinski definition) is 2. The first kappa shape index (κ1) is 16.1. The Bertz CT molecular complexity index is 678. The van der Waals surface area contributed by atoms with Crippen LogP contribution in [0.1, 0.15) is 11.3 Å². The van der Waals surface area contributed by atoms with Crippen molar-refractivity contribution in [2.24, 2.45) is 0 Å². The fourth-order valence-electron chi connectivity index (χ4n) is 1.95. The van der Waals surface area contributed by atoms with Crippen molar-refractivity contribution in [1.82, 2.24) is 4.98 Å². The average molecular weight is 321 g/mol. The monoisotopic (exact) mass is 321 g/mol. The highest BCUT2D eigenvalue weighted by molar-refractivity contribution is 5.71. The summed E-state index contributed by atoms with van der Waals surface area (Å²) < 4.78 is 82.8. The molecule has 0 spiro atoms. The van der Waals surface area contributed by atoms with Crippen molar-refractivity contribution in [3.05, 3.63) is 47.7 Å². The first-order chi connectivity index (χ1) is 10.1. The molecule has 22 heavy (non-hydrogen) atoms. The van der Waals surface area contributed by atoms with Crippen LogP contribution in [0, 0.1) is 0 Å². The zero-order valence-electron chi connectivity index (χ0n) is 11.1. The van der Waals surface area contributed by atoms with Crippen LogP contribution in [0.4, 0.5) is 26.3 Å². The third-order valence-corrected chi connectivity index (χ3v) is 2.87. The summed E-state index contributed by atoms with van der Waals surface area (Å²) in [7, 11) is 1.12. The second-order valence-corrected chi connectivity index (χ2v) is 4.29. The van der Waals surface area contributed by atoms with Gasteiger partial charge in [0.2, 0.25) is 5.88 Å². The van der Waals surface area contributed by atoms with Gasteiger partial charge in [-0.05, 0) is 17.7 Å². The Kier molecular flexibility index (Phi) is 4.04. The van der Waals surface area contributed by atoms with E-state index in [1.165, 1.54) is 6.07 Å². The molecule has 0 amide bonds. The number of nitrogens with zero attached hydrogens (tertiary/aromatic N) is 1. The molecule has 8 heteroatoms. The van der Waals surface area contributed by atoms with Crippen LogP contribution in [0.15, 0.2) is 36.4 Å². The Labute approximate surface area is 121 Å². The van der Waals surface area contributed by atoms with Gasteiger partial charge in [-0.3, -0.25) is 0 Å². The van der Waals surface area contributed by atoms with Crippen LogP contribution >= 0.6 is 0 Å². The minimum atomic E-state index is -4.91. The lowest BCUT2D eigenvalue weighted by molar-refractivity contribution is -0.142. The third kappa shape index (κ3) is 3.15. The maximum Gasteiger partial charge on any atom is 0.434 e. The van der Waals surface area contributed by atoms with E-state index in [0.29, 0.717) is 0 Å². The van der Waals surface area contributed by atoms with Crippen LogP contribution in [0.2, 0.25) is 0 Å². The summed E-state index contributed by atoms with van der Waals surface area (Å²) in [5, 5.41) is 0. The molecule has 2 aromatic rings. The standard InChI is InChI=1S/C14H9F6NO/c1-22-11-7-6-9(12(21-11)14(18,19)20)8-4-2-3-5-10(8)13(15,16)17/h2-7H,1H3. The van der Waals surface area contributed by atoms with Gasteiger partial charge in [-0.25, -0.2) is 4.98 Å². The lowest BCUT2D eigenvalue weighted by atomic mass is 9.97. The van der Waals surface area contributed by atoms with E-state index < -0.39 is 34.7 Å². The number of ether oxygens (including phenoxy) is 1. The van der Waals surface area contributed by atoms with Crippen LogP contribution in [0.5, 0.6) is 5.88 Å². The smallest absolute Gasteiger partial charge is 0.434 e. The molecule has 1 aromatic carbocycles. The predicted octanol–water partition coefficient (Wildman–Crippen LogP) is 4.79. The van der Waals surface area contributed by atoms with Crippen LogP contribution < -0.4 is 4.74 Å². The molecule has 0 aliphatic rings. The zero-order valence-corrected chi connectivity index (χ0v) is 11.1. The highest BCUT2D eigenvalue weighted by Gasteiger charge is 2.39. The first-order valence-corrected chi connectivity index (χ1v) is 5.93. The molecule has 0 fully saturated rings. The van der Waals surface area contributed by atoms with Crippen molar-refractivity contribution < 1.29 is 31.1 Å². The van der Waals surface area contributed by atoms with Crippen LogP contribution in [-0.4, -0.2) is 12.1 Å². The van der Waals surface area contributed by atoms with E-state index in [1.54, 1.807) is 0 Å². The summed E-state index contributed by atoms with van der Waals surface area (Å²) in [6.45, 7) is 0. The van der Waals surface area contributed by atoms with E-state index in [0.717, 1.165) is 37.4 Å². The largest absolute Gasteiger partial charge is 0.481 e. The Morgan fingerprint density at radius 2 is 1.45 bits per heavy atom. The van der Waals surface area contributed by atoms with Gasteiger partial charge < -0.3 is 4.74 Å². The second kappa shape index (κ2) is 5.51. The maximum absolute atomic E-state index is 13.1. The van der Waals surface area contributed by atoms with E-state index in [1.807, 2.05) is 0 Å². The Balaban J connectivity index is 2.74. The van der Waals surface area contributed by atoms with Gasteiger partial charge in [-0.2, -0.15) is 26.3 Å². The molecule has 2 nitrogen and oxygen atoms in total. The highest BCUT2D eigenvalue weighted by Crippen LogP contribution is 2.42. The average Bonchev–Trinajstić information content (AvgIpc) is 2.45. The van der Waals surface area contributed by atoms with E-state index in [2.05, 4.69) is 9.72 Å². The Morgan fingerprint density at radius 1 is 0.818 bits per heavy atom. The van der Waals surface area contributed by atoms with Crippen LogP contribution in [-0.2, 0) is 12.4 Å². The van der Waals surface area contributed by atoms with Gasteiger partial charge in [0, 0.05) is 11.6 Å². The van der Waals surface area contributed by atoms with Crippen molar-refractivity contribution >= 4 is 0 Å². The summed E-state index contributed by atoms with van der Waals surface area (Å²) in [6, 6.07) is 6.03. The molecule has 118 valence electrons. The number of benzene rings is 1. The summed E-state index contributed by atoms with van der Waals surface area (Å²) in [5.41, 5.74) is -3.82. The van der Waals surface area contributed by atoms with Gasteiger partial charge >= 0.3 is 12.4 Å². The maximum atomic E-state index is 13.1. The van der Waals surface area contributed by atoms with Crippen molar-refractivity contribution in [3.8, 4) is 17.0 Å². The van der Waals surface area contributed by atoms with Gasteiger partial charge in [0.1, 0.15) is 0 Å². The fraction of sp³-hybridized carbons (Fsp3) is 0.214. The summed E-state index contributed by atoms with van der Waals surface area (Å²) >= 11 is 0. The van der Waals surface area contributed by atoms with E-state index in [-0.39, 0.29) is 5.88 Å². The highest BCUT2D eigenvalue weighted by atomic mass is 19.4. The van der Waals surface area contributed by atoms with Crippen molar-refractivity contribution in [2.75, 3.05) is 7.11 Å².